The Morgan fingerprint density at radius 1 is 1.38 bits per heavy atom. The molecule has 0 aliphatic rings. The normalized spacial score (nSPS) is 10.3. The highest BCUT2D eigenvalue weighted by Crippen LogP contribution is 2.19. The fraction of sp³-hybridized carbons (Fsp3) is 0.267. The van der Waals surface area contributed by atoms with Gasteiger partial charge in [0.05, 0.1) is 16.8 Å². The summed E-state index contributed by atoms with van der Waals surface area (Å²) in [6.07, 6.45) is 1.38. The Hall–Kier alpha value is -3.23. The van der Waals surface area contributed by atoms with Crippen LogP contribution in [0.4, 0.5) is 11.4 Å². The van der Waals surface area contributed by atoms with Crippen molar-refractivity contribution in [2.24, 2.45) is 0 Å². The number of nitrogens with zero attached hydrogens (tertiary/aromatic N) is 4. The van der Waals surface area contributed by atoms with Crippen molar-refractivity contribution in [1.29, 1.82) is 0 Å². The summed E-state index contributed by atoms with van der Waals surface area (Å²) in [6.45, 7) is 2.28. The number of nitro benzene ring substituents is 1. The first-order valence-electron chi connectivity index (χ1n) is 7.18. The number of anilines is 1. The molecule has 1 aromatic heterocycles. The number of aromatic nitrogens is 2. The molecule has 2 rings (SSSR count). The molecule has 0 bridgehead atoms. The highest BCUT2D eigenvalue weighted by Gasteiger charge is 2.22. The summed E-state index contributed by atoms with van der Waals surface area (Å²) in [7, 11) is 3.20. The number of amides is 2. The Morgan fingerprint density at radius 2 is 2.08 bits per heavy atom. The van der Waals surface area contributed by atoms with Gasteiger partial charge in [-0.3, -0.25) is 24.4 Å². The minimum Gasteiger partial charge on any atom is -0.343 e. The van der Waals surface area contributed by atoms with E-state index >= 15 is 0 Å². The molecule has 1 aromatic carbocycles. The largest absolute Gasteiger partial charge is 0.343 e. The molecule has 9 heteroatoms. The van der Waals surface area contributed by atoms with Crippen LogP contribution in [-0.2, 0) is 6.54 Å². The Balaban J connectivity index is 2.33. The molecule has 0 atom stereocenters. The number of benzene rings is 1. The zero-order valence-corrected chi connectivity index (χ0v) is 13.5. The van der Waals surface area contributed by atoms with Crippen molar-refractivity contribution in [1.82, 2.24) is 14.7 Å². The molecule has 0 spiro atoms. The summed E-state index contributed by atoms with van der Waals surface area (Å²) >= 11 is 0. The lowest BCUT2D eigenvalue weighted by molar-refractivity contribution is -0.384. The Kier molecular flexibility index (Phi) is 4.93. The van der Waals surface area contributed by atoms with Crippen LogP contribution in [0.2, 0.25) is 0 Å². The highest BCUT2D eigenvalue weighted by atomic mass is 16.6. The molecule has 0 aliphatic carbocycles. The molecule has 126 valence electrons. The average molecular weight is 331 g/mol. The molecular formula is C15H17N5O4. The van der Waals surface area contributed by atoms with Gasteiger partial charge < -0.3 is 10.2 Å². The van der Waals surface area contributed by atoms with E-state index in [9.17, 15) is 19.7 Å². The highest BCUT2D eigenvalue weighted by molar-refractivity contribution is 6.08. The average Bonchev–Trinajstić information content (AvgIpc) is 2.96. The van der Waals surface area contributed by atoms with Crippen molar-refractivity contribution in [3.05, 3.63) is 51.8 Å². The van der Waals surface area contributed by atoms with Crippen LogP contribution in [0.5, 0.6) is 0 Å². The smallest absolute Gasteiger partial charge is 0.273 e. The number of hydrogen-bond donors (Lipinski definition) is 1. The lowest BCUT2D eigenvalue weighted by atomic mass is 10.2. The van der Waals surface area contributed by atoms with Crippen molar-refractivity contribution in [2.45, 2.75) is 13.5 Å². The number of nitrogens with one attached hydrogen (secondary N) is 1. The summed E-state index contributed by atoms with van der Waals surface area (Å²) in [6, 6.07) is 5.36. The van der Waals surface area contributed by atoms with Crippen molar-refractivity contribution in [2.75, 3.05) is 19.4 Å². The van der Waals surface area contributed by atoms with Gasteiger partial charge in [-0.05, 0) is 13.0 Å². The van der Waals surface area contributed by atoms with E-state index < -0.39 is 10.8 Å². The van der Waals surface area contributed by atoms with E-state index in [1.54, 1.807) is 14.1 Å². The quantitative estimate of drug-likeness (QED) is 0.663. The van der Waals surface area contributed by atoms with E-state index in [0.29, 0.717) is 6.54 Å². The van der Waals surface area contributed by atoms with E-state index in [2.05, 4.69) is 10.4 Å². The zero-order chi connectivity index (χ0) is 17.9. The Morgan fingerprint density at radius 3 is 2.67 bits per heavy atom. The van der Waals surface area contributed by atoms with Gasteiger partial charge in [0.15, 0.2) is 0 Å². The van der Waals surface area contributed by atoms with Crippen LogP contribution in [0, 0.1) is 10.1 Å². The monoisotopic (exact) mass is 331 g/mol. The lowest BCUT2D eigenvalue weighted by Crippen LogP contribution is -2.26. The molecule has 2 amide bonds. The van der Waals surface area contributed by atoms with Gasteiger partial charge in [-0.2, -0.15) is 5.10 Å². The predicted molar refractivity (Wildman–Crippen MR) is 87.0 cm³/mol. The molecule has 0 saturated heterocycles. The van der Waals surface area contributed by atoms with Crippen LogP contribution >= 0.6 is 0 Å². The number of hydrogen-bond acceptors (Lipinski definition) is 5. The maximum absolute atomic E-state index is 12.3. The molecule has 9 nitrogen and oxygen atoms in total. The number of carbonyl (C=O) groups excluding carboxylic acids is 2. The first-order valence-corrected chi connectivity index (χ1v) is 7.18. The van der Waals surface area contributed by atoms with E-state index in [0.717, 1.165) is 0 Å². The second-order valence-corrected chi connectivity index (χ2v) is 5.18. The number of nitro groups is 1. The standard InChI is InChI=1S/C15H17N5O4/c1-4-19-13(15(22)18(2)3)12(9-16-19)17-14(21)10-6-5-7-11(8-10)20(23)24/h5-9H,4H2,1-3H3,(H,17,21). The summed E-state index contributed by atoms with van der Waals surface area (Å²) in [5.74, 6) is -0.856. The molecule has 1 heterocycles. The third-order valence-corrected chi connectivity index (χ3v) is 3.32. The van der Waals surface area contributed by atoms with E-state index in [4.69, 9.17) is 0 Å². The number of non-ortho nitro benzene ring substituents is 1. The molecule has 2 aromatic rings. The third-order valence-electron chi connectivity index (χ3n) is 3.32. The summed E-state index contributed by atoms with van der Waals surface area (Å²) in [5.41, 5.74) is 0.446. The number of rotatable bonds is 5. The third kappa shape index (κ3) is 3.40. The maximum Gasteiger partial charge on any atom is 0.273 e. The Bertz CT molecular complexity index is 797. The zero-order valence-electron chi connectivity index (χ0n) is 13.5. The fourth-order valence-corrected chi connectivity index (χ4v) is 2.11. The van der Waals surface area contributed by atoms with Crippen LogP contribution in [0.3, 0.4) is 0 Å². The SMILES string of the molecule is CCn1ncc(NC(=O)c2cccc([N+](=O)[O-])c2)c1C(=O)N(C)C. The first-order chi connectivity index (χ1) is 11.3. The molecule has 0 aliphatic heterocycles. The van der Waals surface area contributed by atoms with Gasteiger partial charge in [0.25, 0.3) is 17.5 Å². The lowest BCUT2D eigenvalue weighted by Gasteiger charge is -2.13. The summed E-state index contributed by atoms with van der Waals surface area (Å²) < 4.78 is 1.48. The van der Waals surface area contributed by atoms with Gasteiger partial charge in [-0.15, -0.1) is 0 Å². The number of carbonyl (C=O) groups is 2. The molecule has 1 N–H and O–H groups in total. The van der Waals surface area contributed by atoms with Crippen molar-refractivity contribution in [3.8, 4) is 0 Å². The van der Waals surface area contributed by atoms with Crippen LogP contribution < -0.4 is 5.32 Å². The molecule has 0 radical (unpaired) electrons. The second-order valence-electron chi connectivity index (χ2n) is 5.18. The van der Waals surface area contributed by atoms with Crippen LogP contribution in [-0.4, -0.2) is 45.5 Å². The van der Waals surface area contributed by atoms with Crippen LogP contribution in [0.1, 0.15) is 27.8 Å². The Labute approximate surface area is 138 Å². The topological polar surface area (TPSA) is 110 Å². The summed E-state index contributed by atoms with van der Waals surface area (Å²) in [5, 5.41) is 17.5. The van der Waals surface area contributed by atoms with Gasteiger partial charge in [-0.25, -0.2) is 0 Å². The second kappa shape index (κ2) is 6.90. The van der Waals surface area contributed by atoms with E-state index in [1.807, 2.05) is 6.92 Å². The van der Waals surface area contributed by atoms with Gasteiger partial charge in [0.2, 0.25) is 0 Å². The minimum absolute atomic E-state index is 0.122. The summed E-state index contributed by atoms with van der Waals surface area (Å²) in [4.78, 5) is 36.2. The van der Waals surface area contributed by atoms with Gasteiger partial charge in [0, 0.05) is 38.3 Å². The van der Waals surface area contributed by atoms with Crippen molar-refractivity contribution < 1.29 is 14.5 Å². The van der Waals surface area contributed by atoms with Crippen molar-refractivity contribution in [3.63, 3.8) is 0 Å². The fourth-order valence-electron chi connectivity index (χ4n) is 2.11. The molecule has 0 fully saturated rings. The van der Waals surface area contributed by atoms with Crippen LogP contribution in [0.15, 0.2) is 30.5 Å². The molecule has 24 heavy (non-hydrogen) atoms. The molecule has 0 unspecified atom stereocenters. The van der Waals surface area contributed by atoms with Gasteiger partial charge in [-0.1, -0.05) is 6.07 Å². The van der Waals surface area contributed by atoms with Crippen LogP contribution in [0.25, 0.3) is 0 Å². The molecule has 0 saturated carbocycles. The molecular weight excluding hydrogens is 314 g/mol. The van der Waals surface area contributed by atoms with Gasteiger partial charge in [0.1, 0.15) is 5.69 Å². The van der Waals surface area contributed by atoms with Gasteiger partial charge >= 0.3 is 0 Å². The minimum atomic E-state index is -0.576. The van der Waals surface area contributed by atoms with Crippen molar-refractivity contribution >= 4 is 23.2 Å². The van der Waals surface area contributed by atoms with E-state index in [1.165, 1.54) is 40.0 Å². The predicted octanol–water partition coefficient (Wildman–Crippen LogP) is 1.77. The van der Waals surface area contributed by atoms with E-state index in [-0.39, 0.29) is 28.5 Å². The maximum atomic E-state index is 12.3. The first kappa shape index (κ1) is 17.1. The number of aryl methyl sites for hydroxylation is 1.